The zero-order chi connectivity index (χ0) is 17.1. The highest BCUT2D eigenvalue weighted by Crippen LogP contribution is 2.49. The largest absolute Gasteiger partial charge is 0.308 e. The van der Waals surface area contributed by atoms with Crippen molar-refractivity contribution < 1.29 is 17.6 Å². The molecule has 4 rings (SSSR count). The lowest BCUT2D eigenvalue weighted by Crippen LogP contribution is -2.15. The molecule has 1 atom stereocenters. The van der Waals surface area contributed by atoms with Gasteiger partial charge in [0.1, 0.15) is 11.6 Å². The Balaban J connectivity index is 1.79. The van der Waals surface area contributed by atoms with Crippen molar-refractivity contribution in [1.29, 1.82) is 0 Å². The molecule has 0 amide bonds. The number of halogens is 4. The summed E-state index contributed by atoms with van der Waals surface area (Å²) < 4.78 is 55.8. The monoisotopic (exact) mass is 353 g/mol. The number of rotatable bonds is 3. The molecule has 0 spiro atoms. The van der Waals surface area contributed by atoms with Crippen molar-refractivity contribution in [3.05, 3.63) is 57.7 Å². The van der Waals surface area contributed by atoms with E-state index in [0.29, 0.717) is 15.8 Å². The van der Waals surface area contributed by atoms with Crippen LogP contribution >= 0.6 is 11.3 Å². The fourth-order valence-electron chi connectivity index (χ4n) is 2.86. The summed E-state index contributed by atoms with van der Waals surface area (Å²) in [5.74, 6) is -4.92. The molecule has 1 heterocycles. The second-order valence-corrected chi connectivity index (χ2v) is 6.91. The highest BCUT2D eigenvalue weighted by molar-refractivity contribution is 7.16. The molecule has 1 fully saturated rings. The molecule has 2 nitrogen and oxygen atoms in total. The Bertz CT molecular complexity index is 987. The normalized spacial score (nSPS) is 18.9. The van der Waals surface area contributed by atoms with Gasteiger partial charge in [-0.3, -0.25) is 9.36 Å². The van der Waals surface area contributed by atoms with Crippen LogP contribution in [0.25, 0.3) is 21.3 Å². The maximum atomic E-state index is 13.9. The van der Waals surface area contributed by atoms with Gasteiger partial charge in [0, 0.05) is 18.9 Å². The highest BCUT2D eigenvalue weighted by Gasteiger charge is 2.56. The van der Waals surface area contributed by atoms with Crippen molar-refractivity contribution in [2.24, 2.45) is 5.92 Å². The molecule has 0 aliphatic heterocycles. The maximum Gasteiger partial charge on any atom is 0.308 e. The molecule has 0 radical (unpaired) electrons. The number of hydrogen-bond donors (Lipinski definition) is 0. The van der Waals surface area contributed by atoms with Crippen molar-refractivity contribution in [1.82, 2.24) is 4.57 Å². The number of fused-ring (bicyclic) bond motifs is 1. The van der Waals surface area contributed by atoms with Gasteiger partial charge < -0.3 is 0 Å². The van der Waals surface area contributed by atoms with Gasteiger partial charge in [-0.1, -0.05) is 23.5 Å². The first-order valence-electron chi connectivity index (χ1n) is 7.32. The van der Waals surface area contributed by atoms with Gasteiger partial charge in [0.25, 0.3) is 5.92 Å². The molecular weight excluding hydrogens is 342 g/mol. The molecule has 1 saturated carbocycles. The van der Waals surface area contributed by atoms with Crippen molar-refractivity contribution in [3.63, 3.8) is 0 Å². The molecule has 124 valence electrons. The highest BCUT2D eigenvalue weighted by atomic mass is 32.1. The average molecular weight is 353 g/mol. The first-order chi connectivity index (χ1) is 11.4. The summed E-state index contributed by atoms with van der Waals surface area (Å²) in [7, 11) is 0. The summed E-state index contributed by atoms with van der Waals surface area (Å²) >= 11 is 0.887. The Morgan fingerprint density at radius 1 is 1.17 bits per heavy atom. The molecule has 1 aliphatic carbocycles. The molecule has 0 bridgehead atoms. The van der Waals surface area contributed by atoms with E-state index in [2.05, 4.69) is 0 Å². The SMILES string of the molecule is O=c1sc2cc(-c3c(F)cccc3F)ccc2n1CC1CC1(F)F. The van der Waals surface area contributed by atoms with E-state index in [0.717, 1.165) is 23.5 Å². The summed E-state index contributed by atoms with van der Waals surface area (Å²) in [4.78, 5) is 11.7. The van der Waals surface area contributed by atoms with Gasteiger partial charge in [-0.2, -0.15) is 0 Å². The topological polar surface area (TPSA) is 22.0 Å². The van der Waals surface area contributed by atoms with E-state index in [-0.39, 0.29) is 23.4 Å². The van der Waals surface area contributed by atoms with E-state index in [9.17, 15) is 22.4 Å². The molecular formula is C17H11F4NOS. The molecule has 3 aromatic rings. The summed E-state index contributed by atoms with van der Waals surface area (Å²) in [6.07, 6.45) is -0.213. The fourth-order valence-corrected chi connectivity index (χ4v) is 3.80. The quantitative estimate of drug-likeness (QED) is 0.628. The smallest absolute Gasteiger partial charge is 0.298 e. The molecule has 1 unspecified atom stereocenters. The van der Waals surface area contributed by atoms with Crippen molar-refractivity contribution in [3.8, 4) is 11.1 Å². The van der Waals surface area contributed by atoms with Crippen LogP contribution in [0.1, 0.15) is 6.42 Å². The van der Waals surface area contributed by atoms with Crippen LogP contribution in [0.3, 0.4) is 0 Å². The van der Waals surface area contributed by atoms with Gasteiger partial charge >= 0.3 is 4.87 Å². The molecule has 7 heteroatoms. The van der Waals surface area contributed by atoms with E-state index in [4.69, 9.17) is 0 Å². The van der Waals surface area contributed by atoms with Crippen LogP contribution in [0.5, 0.6) is 0 Å². The number of thiazole rings is 1. The second kappa shape index (κ2) is 5.17. The third-order valence-electron chi connectivity index (χ3n) is 4.28. The molecule has 24 heavy (non-hydrogen) atoms. The number of aromatic nitrogens is 1. The maximum absolute atomic E-state index is 13.9. The second-order valence-electron chi connectivity index (χ2n) is 5.92. The number of hydrogen-bond acceptors (Lipinski definition) is 2. The Kier molecular flexibility index (Phi) is 3.32. The van der Waals surface area contributed by atoms with Gasteiger partial charge in [0.15, 0.2) is 0 Å². The average Bonchev–Trinajstić information content (AvgIpc) is 2.99. The fraction of sp³-hybridized carbons (Fsp3) is 0.235. The van der Waals surface area contributed by atoms with Gasteiger partial charge in [0.05, 0.1) is 15.8 Å². The van der Waals surface area contributed by atoms with Gasteiger partial charge in [-0.25, -0.2) is 17.6 Å². The Morgan fingerprint density at radius 2 is 1.83 bits per heavy atom. The van der Waals surface area contributed by atoms with Crippen LogP contribution in [0.15, 0.2) is 41.2 Å². The molecule has 1 aromatic heterocycles. The van der Waals surface area contributed by atoms with E-state index in [1.54, 1.807) is 6.07 Å². The minimum Gasteiger partial charge on any atom is -0.298 e. The van der Waals surface area contributed by atoms with Crippen molar-refractivity contribution in [2.45, 2.75) is 18.9 Å². The van der Waals surface area contributed by atoms with Crippen molar-refractivity contribution >= 4 is 21.6 Å². The van der Waals surface area contributed by atoms with Crippen LogP contribution in [-0.4, -0.2) is 10.5 Å². The summed E-state index contributed by atoms with van der Waals surface area (Å²) in [5.41, 5.74) is 0.650. The third-order valence-corrected chi connectivity index (χ3v) is 5.22. The number of benzene rings is 2. The van der Waals surface area contributed by atoms with Crippen LogP contribution < -0.4 is 4.87 Å². The van der Waals surface area contributed by atoms with Crippen LogP contribution in [0, 0.1) is 17.6 Å². The minimum atomic E-state index is -2.70. The van der Waals surface area contributed by atoms with E-state index in [1.807, 2.05) is 0 Å². The predicted molar refractivity (Wildman–Crippen MR) is 84.5 cm³/mol. The van der Waals surface area contributed by atoms with Gasteiger partial charge in [0.2, 0.25) is 0 Å². The first-order valence-corrected chi connectivity index (χ1v) is 8.14. The number of alkyl halides is 2. The van der Waals surface area contributed by atoms with Crippen molar-refractivity contribution in [2.75, 3.05) is 0 Å². The summed E-state index contributed by atoms with van der Waals surface area (Å²) in [6.45, 7) is -0.0424. The standard InChI is InChI=1S/C17H11F4NOS/c18-11-2-1-3-12(19)15(11)9-4-5-13-14(6-9)24-16(23)22(13)8-10-7-17(10,20)21/h1-6,10H,7-8H2. The van der Waals surface area contributed by atoms with Gasteiger partial charge in [-0.15, -0.1) is 0 Å². The lowest BCUT2D eigenvalue weighted by molar-refractivity contribution is 0.0953. The van der Waals surface area contributed by atoms with Crippen LogP contribution in [-0.2, 0) is 6.54 Å². The third kappa shape index (κ3) is 2.43. The Labute approximate surface area is 138 Å². The van der Waals surface area contributed by atoms with Crippen LogP contribution in [0.2, 0.25) is 0 Å². The molecule has 0 saturated heterocycles. The zero-order valence-electron chi connectivity index (χ0n) is 12.2. The van der Waals surface area contributed by atoms with Crippen LogP contribution in [0.4, 0.5) is 17.6 Å². The summed E-state index contributed by atoms with van der Waals surface area (Å²) in [5, 5.41) is 0. The molecule has 2 aromatic carbocycles. The van der Waals surface area contributed by atoms with Gasteiger partial charge in [-0.05, 0) is 29.8 Å². The summed E-state index contributed by atoms with van der Waals surface area (Å²) in [6, 6.07) is 8.16. The van der Waals surface area contributed by atoms with E-state index in [1.165, 1.54) is 22.8 Å². The molecule has 1 aliphatic rings. The Hall–Kier alpha value is -2.15. The molecule has 0 N–H and O–H groups in total. The lowest BCUT2D eigenvalue weighted by atomic mass is 10.0. The zero-order valence-corrected chi connectivity index (χ0v) is 13.0. The Morgan fingerprint density at radius 3 is 2.46 bits per heavy atom. The first kappa shape index (κ1) is 15.4. The lowest BCUT2D eigenvalue weighted by Gasteiger charge is -2.06. The van der Waals surface area contributed by atoms with E-state index >= 15 is 0 Å². The van der Waals surface area contributed by atoms with E-state index < -0.39 is 23.5 Å². The predicted octanol–water partition coefficient (Wildman–Crippen LogP) is 4.66. The minimum absolute atomic E-state index is 0.0424. The number of nitrogens with zero attached hydrogens (tertiary/aromatic N) is 1.